The van der Waals surface area contributed by atoms with E-state index in [2.05, 4.69) is 19.2 Å². The summed E-state index contributed by atoms with van der Waals surface area (Å²) in [5.41, 5.74) is 3.35. The first-order chi connectivity index (χ1) is 18.3. The third-order valence-corrected chi connectivity index (χ3v) is 8.83. The topological polar surface area (TPSA) is 84.3 Å². The zero-order valence-electron chi connectivity index (χ0n) is 21.7. The molecule has 2 amide bonds. The van der Waals surface area contributed by atoms with Crippen molar-refractivity contribution in [1.82, 2.24) is 14.9 Å². The second-order valence-electron chi connectivity index (χ2n) is 11.1. The summed E-state index contributed by atoms with van der Waals surface area (Å²) in [6.07, 6.45) is 0. The highest BCUT2D eigenvalue weighted by molar-refractivity contribution is 6.23. The summed E-state index contributed by atoms with van der Waals surface area (Å²) in [4.78, 5) is 49.0. The van der Waals surface area contributed by atoms with Crippen molar-refractivity contribution in [2.75, 3.05) is 4.90 Å². The van der Waals surface area contributed by atoms with Gasteiger partial charge in [-0.1, -0.05) is 56.3 Å². The maximum absolute atomic E-state index is 14.5. The Morgan fingerprint density at radius 3 is 2.37 bits per heavy atom. The van der Waals surface area contributed by atoms with Gasteiger partial charge in [-0.3, -0.25) is 24.3 Å². The second kappa shape index (κ2) is 7.71. The normalized spacial score (nSPS) is 25.5. The van der Waals surface area contributed by atoms with Gasteiger partial charge in [-0.15, -0.1) is 0 Å². The van der Waals surface area contributed by atoms with Gasteiger partial charge in [0.2, 0.25) is 11.8 Å². The van der Waals surface area contributed by atoms with E-state index in [-0.39, 0.29) is 29.3 Å². The van der Waals surface area contributed by atoms with Gasteiger partial charge in [-0.2, -0.15) is 0 Å². The molecule has 4 aromatic rings. The van der Waals surface area contributed by atoms with E-state index in [9.17, 15) is 14.4 Å². The van der Waals surface area contributed by atoms with Crippen LogP contribution in [0.25, 0.3) is 16.6 Å². The second-order valence-corrected chi connectivity index (χ2v) is 11.1. The number of hydrogen-bond acceptors (Lipinski definition) is 5. The van der Waals surface area contributed by atoms with Crippen molar-refractivity contribution in [2.24, 2.45) is 17.8 Å². The lowest BCUT2D eigenvalue weighted by Crippen LogP contribution is -2.51. The number of hydrogen-bond donors (Lipinski definition) is 1. The van der Waals surface area contributed by atoms with Crippen LogP contribution in [0.1, 0.15) is 36.4 Å². The number of carbonyl (C=O) groups excluding carboxylic acids is 2. The number of amides is 2. The number of aryl methyl sites for hydroxylation is 1. The van der Waals surface area contributed by atoms with Gasteiger partial charge in [-0.05, 0) is 55.2 Å². The molecule has 2 saturated heterocycles. The van der Waals surface area contributed by atoms with Gasteiger partial charge < -0.3 is 0 Å². The molecule has 0 radical (unpaired) electrons. The lowest BCUT2D eigenvalue weighted by molar-refractivity contribution is -0.123. The number of carbonyl (C=O) groups is 2. The Morgan fingerprint density at radius 2 is 1.58 bits per heavy atom. The van der Waals surface area contributed by atoms with Crippen LogP contribution in [0.4, 0.5) is 5.69 Å². The van der Waals surface area contributed by atoms with Crippen molar-refractivity contribution in [2.45, 2.75) is 39.3 Å². The van der Waals surface area contributed by atoms with Crippen molar-refractivity contribution >= 4 is 28.4 Å². The quantitative estimate of drug-likeness (QED) is 0.418. The molecule has 7 nitrogen and oxygen atoms in total. The number of nitrogens with zero attached hydrogens (tertiary/aromatic N) is 3. The molecule has 3 aliphatic heterocycles. The van der Waals surface area contributed by atoms with Crippen LogP contribution in [0.5, 0.6) is 0 Å². The highest BCUT2D eigenvalue weighted by atomic mass is 16.2. The minimum atomic E-state index is -1.11. The number of anilines is 1. The Morgan fingerprint density at radius 1 is 0.868 bits per heavy atom. The molecule has 2 fully saturated rings. The fourth-order valence-electron chi connectivity index (χ4n) is 6.94. The first-order valence-corrected chi connectivity index (χ1v) is 13.1. The standard InChI is InChI=1S/C31H28N4O3/c1-16(2)26-24-25(29(38)34(28(24)37)22-15-9-10-17(3)18(22)4)31(33-26)20-12-6-8-14-23(20)35-27(36)19-11-5-7-13-21(19)32-30(31)35/h5-16,24-26,33H,1-4H3/t24-,25+,26-,31+/m0/s1. The molecule has 3 aliphatic rings. The number of benzene rings is 3. The molecule has 190 valence electrons. The van der Waals surface area contributed by atoms with Gasteiger partial charge in [0.15, 0.2) is 0 Å². The van der Waals surface area contributed by atoms with Gasteiger partial charge in [0.1, 0.15) is 11.4 Å². The third-order valence-electron chi connectivity index (χ3n) is 8.83. The van der Waals surface area contributed by atoms with E-state index in [1.165, 1.54) is 4.90 Å². The molecular formula is C31H28N4O3. The molecule has 1 spiro atoms. The Balaban J connectivity index is 1.54. The fraction of sp³-hybridized carbons (Fsp3) is 0.290. The largest absolute Gasteiger partial charge is 0.296 e. The van der Waals surface area contributed by atoms with E-state index in [0.29, 0.717) is 28.1 Å². The summed E-state index contributed by atoms with van der Waals surface area (Å²) in [5.74, 6) is -1.25. The van der Waals surface area contributed by atoms with E-state index in [4.69, 9.17) is 4.98 Å². The van der Waals surface area contributed by atoms with Crippen LogP contribution in [-0.2, 0) is 15.1 Å². The summed E-state index contributed by atoms with van der Waals surface area (Å²) in [6.45, 7) is 8.05. The Bertz CT molecular complexity index is 1760. The smallest absolute Gasteiger partial charge is 0.266 e. The number of para-hydroxylation sites is 2. The van der Waals surface area contributed by atoms with Crippen molar-refractivity contribution in [3.63, 3.8) is 0 Å². The predicted octanol–water partition coefficient (Wildman–Crippen LogP) is 3.99. The predicted molar refractivity (Wildman–Crippen MR) is 145 cm³/mol. The van der Waals surface area contributed by atoms with E-state index in [1.54, 1.807) is 10.6 Å². The fourth-order valence-corrected chi connectivity index (χ4v) is 6.94. The highest BCUT2D eigenvalue weighted by Crippen LogP contribution is 2.56. The summed E-state index contributed by atoms with van der Waals surface area (Å²) in [7, 11) is 0. The zero-order chi connectivity index (χ0) is 26.5. The summed E-state index contributed by atoms with van der Waals surface area (Å²) in [6, 6.07) is 20.4. The van der Waals surface area contributed by atoms with Gasteiger partial charge in [-0.25, -0.2) is 9.88 Å². The van der Waals surface area contributed by atoms with Gasteiger partial charge in [0, 0.05) is 11.6 Å². The van der Waals surface area contributed by atoms with Crippen LogP contribution in [0, 0.1) is 31.6 Å². The van der Waals surface area contributed by atoms with E-state index in [1.807, 2.05) is 74.5 Å². The number of rotatable bonds is 2. The molecule has 0 unspecified atom stereocenters. The minimum Gasteiger partial charge on any atom is -0.296 e. The van der Waals surface area contributed by atoms with Crippen LogP contribution in [0.3, 0.4) is 0 Å². The zero-order valence-corrected chi connectivity index (χ0v) is 21.7. The number of imide groups is 1. The van der Waals surface area contributed by atoms with Crippen molar-refractivity contribution in [1.29, 1.82) is 0 Å². The summed E-state index contributed by atoms with van der Waals surface area (Å²) >= 11 is 0. The summed E-state index contributed by atoms with van der Waals surface area (Å²) in [5, 5.41) is 4.26. The molecule has 0 saturated carbocycles. The number of fused-ring (bicyclic) bond motifs is 8. The molecule has 0 aliphatic carbocycles. The Kier molecular flexibility index (Phi) is 4.68. The molecule has 3 aromatic carbocycles. The number of aromatic nitrogens is 2. The van der Waals surface area contributed by atoms with E-state index in [0.717, 1.165) is 16.7 Å². The van der Waals surface area contributed by atoms with Crippen molar-refractivity contribution in [3.8, 4) is 5.69 Å². The molecule has 38 heavy (non-hydrogen) atoms. The maximum Gasteiger partial charge on any atom is 0.266 e. The maximum atomic E-state index is 14.5. The molecule has 7 rings (SSSR count). The first-order valence-electron chi connectivity index (χ1n) is 13.1. The average Bonchev–Trinajstić information content (AvgIpc) is 3.50. The average molecular weight is 505 g/mol. The van der Waals surface area contributed by atoms with Crippen LogP contribution >= 0.6 is 0 Å². The van der Waals surface area contributed by atoms with Gasteiger partial charge in [0.05, 0.1) is 34.1 Å². The van der Waals surface area contributed by atoms with Gasteiger partial charge in [0.25, 0.3) is 5.56 Å². The Hall–Kier alpha value is -4.10. The van der Waals surface area contributed by atoms with Gasteiger partial charge >= 0.3 is 0 Å². The number of nitrogens with one attached hydrogen (secondary N) is 1. The third kappa shape index (κ3) is 2.67. The lowest BCUT2D eigenvalue weighted by atomic mass is 9.75. The molecule has 1 N–H and O–H groups in total. The van der Waals surface area contributed by atoms with E-state index < -0.39 is 17.4 Å². The highest BCUT2D eigenvalue weighted by Gasteiger charge is 2.70. The monoisotopic (exact) mass is 504 g/mol. The Labute approximate surface area is 220 Å². The van der Waals surface area contributed by atoms with Crippen LogP contribution < -0.4 is 15.8 Å². The SMILES string of the molecule is Cc1cccc(N2C(=O)[C@@H]3[C@H](C(C)C)N[C@]4(c5ccccc5-n5c4nc4ccccc4c5=O)[C@H]3C2=O)c1C. The molecular weight excluding hydrogens is 476 g/mol. The lowest BCUT2D eigenvalue weighted by Gasteiger charge is -2.32. The molecule has 7 heteroatoms. The van der Waals surface area contributed by atoms with Crippen LogP contribution in [-0.4, -0.2) is 27.4 Å². The van der Waals surface area contributed by atoms with Crippen molar-refractivity contribution < 1.29 is 9.59 Å². The van der Waals surface area contributed by atoms with Crippen LogP contribution in [0.2, 0.25) is 0 Å². The minimum absolute atomic E-state index is 0.0607. The first kappa shape index (κ1) is 23.0. The summed E-state index contributed by atoms with van der Waals surface area (Å²) < 4.78 is 1.64. The molecule has 4 heterocycles. The molecule has 0 bridgehead atoms. The molecule has 4 atom stereocenters. The van der Waals surface area contributed by atoms with Crippen molar-refractivity contribution in [3.05, 3.63) is 99.6 Å². The van der Waals surface area contributed by atoms with E-state index >= 15 is 0 Å². The molecule has 1 aromatic heterocycles. The van der Waals surface area contributed by atoms with Crippen LogP contribution in [0.15, 0.2) is 71.5 Å².